The normalized spacial score (nSPS) is 34.8. The van der Waals surface area contributed by atoms with E-state index in [1.165, 1.54) is 38.8 Å². The summed E-state index contributed by atoms with van der Waals surface area (Å²) in [6.07, 6.45) is 17.3. The minimum absolute atomic E-state index is 1.21. The van der Waals surface area contributed by atoms with Crippen LogP contribution >= 0.6 is 16.7 Å². The monoisotopic (exact) mass is 280 g/mol. The number of unbranched alkanes of at least 4 members (excludes halogenated alkanes) is 2. The number of rotatable bonds is 6. The Labute approximate surface area is 109 Å². The molecule has 1 aliphatic rings. The number of hydrogen-bond acceptors (Lipinski definition) is 2. The Bertz CT molecular complexity index is 295. The highest BCUT2D eigenvalue weighted by atomic mass is 32.3. The molecule has 0 N–H and O–H groups in total. The summed E-state index contributed by atoms with van der Waals surface area (Å²) in [5.74, 6) is 0. The van der Waals surface area contributed by atoms with Crippen molar-refractivity contribution in [2.75, 3.05) is 38.5 Å². The molecule has 0 unspecified atom stereocenters. The molecule has 1 fully saturated rings. The molecule has 1 rings (SSSR count). The van der Waals surface area contributed by atoms with Crippen LogP contribution in [-0.2, 0) is 0 Å². The van der Waals surface area contributed by atoms with Crippen LogP contribution in [0.15, 0.2) is 0 Å². The van der Waals surface area contributed by atoms with Gasteiger partial charge in [0.1, 0.15) is 0 Å². The summed E-state index contributed by atoms with van der Waals surface area (Å²) in [6, 6.07) is 0. The minimum atomic E-state index is -1.74. The molecule has 106 valence electrons. The van der Waals surface area contributed by atoms with Crippen LogP contribution in [0.25, 0.3) is 0 Å². The van der Waals surface area contributed by atoms with Gasteiger partial charge in [0.15, 0.2) is 0 Å². The Morgan fingerprint density at radius 3 is 1.53 bits per heavy atom. The summed E-state index contributed by atoms with van der Waals surface area (Å²) in [5, 5.41) is 0. The van der Waals surface area contributed by atoms with E-state index in [1.54, 1.807) is 0 Å². The predicted molar refractivity (Wildman–Crippen MR) is 90.0 cm³/mol. The lowest BCUT2D eigenvalue weighted by molar-refractivity contribution is 0.495. The largest absolute Gasteiger partial charge is 0.240 e. The summed E-state index contributed by atoms with van der Waals surface area (Å²) < 4.78 is 5.61. The first-order valence-electron chi connectivity index (χ1n) is 6.95. The molecular formula is C13H33N2PS. The van der Waals surface area contributed by atoms with Crippen molar-refractivity contribution in [1.29, 1.82) is 0 Å². The van der Waals surface area contributed by atoms with Crippen molar-refractivity contribution in [1.82, 2.24) is 8.15 Å². The summed E-state index contributed by atoms with van der Waals surface area (Å²) in [4.78, 5) is 0. The fourth-order valence-electron chi connectivity index (χ4n) is 3.25. The van der Waals surface area contributed by atoms with E-state index in [-0.39, 0.29) is 0 Å². The van der Waals surface area contributed by atoms with Crippen LogP contribution in [-0.4, -0.2) is 53.0 Å². The maximum atomic E-state index is 4.58. The van der Waals surface area contributed by atoms with E-state index in [0.29, 0.717) is 0 Å². The van der Waals surface area contributed by atoms with Crippen molar-refractivity contribution in [3.8, 4) is 0 Å². The zero-order valence-corrected chi connectivity index (χ0v) is 14.5. The van der Waals surface area contributed by atoms with Gasteiger partial charge in [-0.25, -0.2) is 17.7 Å². The van der Waals surface area contributed by atoms with E-state index in [1.807, 2.05) is 0 Å². The second-order valence-corrected chi connectivity index (χ2v) is 16.6. The SMILES string of the molecule is C=P1(C)N(CCCC)[SH](C)(C)(C)N1CCCC. The van der Waals surface area contributed by atoms with Crippen LogP contribution < -0.4 is 0 Å². The van der Waals surface area contributed by atoms with E-state index < -0.39 is 16.7 Å². The summed E-state index contributed by atoms with van der Waals surface area (Å²) in [6.45, 7) is 9.48. The molecule has 0 spiro atoms. The first-order chi connectivity index (χ1) is 7.67. The van der Waals surface area contributed by atoms with Gasteiger partial charge >= 0.3 is 0 Å². The van der Waals surface area contributed by atoms with Crippen LogP contribution in [0.1, 0.15) is 39.5 Å². The summed E-state index contributed by atoms with van der Waals surface area (Å²) >= 11 is 0. The fourth-order valence-corrected chi connectivity index (χ4v) is 17.8. The lowest BCUT2D eigenvalue weighted by Gasteiger charge is -2.82. The van der Waals surface area contributed by atoms with Gasteiger partial charge in [0, 0.05) is 20.3 Å². The highest BCUT2D eigenvalue weighted by Gasteiger charge is 2.55. The maximum Gasteiger partial charge on any atom is 0.0208 e. The zero-order valence-electron chi connectivity index (χ0n) is 12.7. The van der Waals surface area contributed by atoms with Gasteiger partial charge in [-0.2, -0.15) is 0 Å². The maximum absolute atomic E-state index is 4.58. The Morgan fingerprint density at radius 2 is 1.29 bits per heavy atom. The van der Waals surface area contributed by atoms with Gasteiger partial charge in [-0.3, -0.25) is 0 Å². The van der Waals surface area contributed by atoms with Crippen LogP contribution in [0.3, 0.4) is 0 Å². The van der Waals surface area contributed by atoms with Crippen LogP contribution in [0.5, 0.6) is 0 Å². The molecule has 4 heteroatoms. The van der Waals surface area contributed by atoms with E-state index in [0.717, 1.165) is 0 Å². The Morgan fingerprint density at radius 1 is 0.941 bits per heavy atom. The van der Waals surface area contributed by atoms with E-state index in [9.17, 15) is 0 Å². The van der Waals surface area contributed by atoms with Gasteiger partial charge in [-0.15, -0.1) is 0 Å². The molecule has 0 radical (unpaired) electrons. The molecule has 17 heavy (non-hydrogen) atoms. The molecule has 0 aliphatic carbocycles. The molecular weight excluding hydrogens is 247 g/mol. The molecule has 0 aromatic carbocycles. The second kappa shape index (κ2) is 4.92. The number of nitrogens with zero attached hydrogens (tertiary/aromatic N) is 2. The van der Waals surface area contributed by atoms with Gasteiger partial charge < -0.3 is 0 Å². The Balaban J connectivity index is 2.85. The van der Waals surface area contributed by atoms with Crippen molar-refractivity contribution in [2.24, 2.45) is 0 Å². The molecule has 0 atom stereocenters. The van der Waals surface area contributed by atoms with E-state index in [4.69, 9.17) is 0 Å². The van der Waals surface area contributed by atoms with Crippen molar-refractivity contribution in [2.45, 2.75) is 39.5 Å². The van der Waals surface area contributed by atoms with Crippen molar-refractivity contribution < 1.29 is 0 Å². The van der Waals surface area contributed by atoms with Gasteiger partial charge in [0.05, 0.1) is 0 Å². The third-order valence-corrected chi connectivity index (χ3v) is 16.0. The molecule has 2 nitrogen and oxygen atoms in total. The standard InChI is InChI=1S/C13H33N2PS/c1-8-10-12-14-16(3,4)15(13-11-9-2)17(14,5,6)7/h17H,3,8-13H2,1-2,4-7H3. The Kier molecular flexibility index (Phi) is 4.52. The Hall–Kier alpha value is 0.570. The summed E-state index contributed by atoms with van der Waals surface area (Å²) in [7, 11) is -2.95. The van der Waals surface area contributed by atoms with Crippen molar-refractivity contribution in [3.63, 3.8) is 0 Å². The lowest BCUT2D eigenvalue weighted by atomic mass is 10.3. The topological polar surface area (TPSA) is 6.48 Å². The van der Waals surface area contributed by atoms with Gasteiger partial charge in [0.2, 0.25) is 0 Å². The molecule has 0 aromatic rings. The van der Waals surface area contributed by atoms with E-state index >= 15 is 0 Å². The average Bonchev–Trinajstić information content (AvgIpc) is 2.15. The smallest absolute Gasteiger partial charge is 0.0208 e. The van der Waals surface area contributed by atoms with Gasteiger partial charge in [-0.1, -0.05) is 33.0 Å². The number of thiol groups is 1. The fraction of sp³-hybridized carbons (Fsp3) is 0.923. The third kappa shape index (κ3) is 2.63. The van der Waals surface area contributed by atoms with Crippen LogP contribution in [0, 0.1) is 0 Å². The third-order valence-electron chi connectivity index (χ3n) is 4.01. The molecule has 0 amide bonds. The minimum Gasteiger partial charge on any atom is -0.240 e. The highest BCUT2D eigenvalue weighted by molar-refractivity contribution is 8.52. The molecule has 0 bridgehead atoms. The van der Waals surface area contributed by atoms with Crippen molar-refractivity contribution in [3.05, 3.63) is 0 Å². The molecule has 0 aromatic heterocycles. The average molecular weight is 280 g/mol. The molecule has 1 heterocycles. The molecule has 0 saturated carbocycles. The van der Waals surface area contributed by atoms with Crippen LogP contribution in [0.2, 0.25) is 0 Å². The predicted octanol–water partition coefficient (Wildman–Crippen LogP) is 3.91. The molecule has 1 saturated heterocycles. The van der Waals surface area contributed by atoms with Gasteiger partial charge in [-0.05, 0) is 38.3 Å². The quantitative estimate of drug-likeness (QED) is 0.582. The van der Waals surface area contributed by atoms with Crippen molar-refractivity contribution >= 4 is 23.0 Å². The molecule has 1 aliphatic heterocycles. The highest BCUT2D eigenvalue weighted by Crippen LogP contribution is 2.90. The van der Waals surface area contributed by atoms with E-state index in [2.05, 4.69) is 53.7 Å². The second-order valence-electron chi connectivity index (χ2n) is 6.62. The number of hydrogen-bond donors (Lipinski definition) is 1. The summed E-state index contributed by atoms with van der Waals surface area (Å²) in [5.41, 5.74) is 0. The first-order valence-corrected chi connectivity index (χ1v) is 12.8. The lowest BCUT2D eigenvalue weighted by Crippen LogP contribution is -2.57. The first kappa shape index (κ1) is 15.6. The zero-order chi connectivity index (χ0) is 13.3. The van der Waals surface area contributed by atoms with Gasteiger partial charge in [0.25, 0.3) is 0 Å². The van der Waals surface area contributed by atoms with Crippen LogP contribution in [0.4, 0.5) is 0 Å².